The second kappa shape index (κ2) is 7.75. The molecular formula is C21H21N5O3S. The van der Waals surface area contributed by atoms with Crippen LogP contribution in [0.15, 0.2) is 71.2 Å². The van der Waals surface area contributed by atoms with Gasteiger partial charge in [0.15, 0.2) is 0 Å². The van der Waals surface area contributed by atoms with Crippen molar-refractivity contribution in [2.75, 3.05) is 11.6 Å². The third-order valence-electron chi connectivity index (χ3n) is 5.04. The van der Waals surface area contributed by atoms with Gasteiger partial charge in [-0.3, -0.25) is 9.36 Å². The van der Waals surface area contributed by atoms with E-state index in [1.165, 1.54) is 10.8 Å². The molecule has 4 rings (SSSR count). The Hall–Kier alpha value is -3.46. The number of rotatable bonds is 6. The number of sulfone groups is 1. The van der Waals surface area contributed by atoms with Gasteiger partial charge in [-0.1, -0.05) is 18.2 Å². The molecule has 154 valence electrons. The van der Waals surface area contributed by atoms with Crippen LogP contribution in [0, 0.1) is 5.92 Å². The van der Waals surface area contributed by atoms with Crippen molar-refractivity contribution in [2.45, 2.75) is 17.5 Å². The highest BCUT2D eigenvalue weighted by Crippen LogP contribution is 2.48. The molecule has 1 amide bonds. The SMILES string of the molecule is CS(=O)(=O)c1nccn1-c1ccc(NC(=O)[C@@H]2C[C@@H]2c2cccc(C=NN)c2)cc1. The molecule has 1 fully saturated rings. The predicted octanol–water partition coefficient (Wildman–Crippen LogP) is 2.31. The Morgan fingerprint density at radius 3 is 2.73 bits per heavy atom. The molecular weight excluding hydrogens is 402 g/mol. The van der Waals surface area contributed by atoms with E-state index in [0.717, 1.165) is 23.8 Å². The first-order valence-corrected chi connectivity index (χ1v) is 11.2. The Kier molecular flexibility index (Phi) is 5.13. The van der Waals surface area contributed by atoms with Gasteiger partial charge in [0.25, 0.3) is 0 Å². The molecule has 2 atom stereocenters. The van der Waals surface area contributed by atoms with E-state index in [2.05, 4.69) is 15.4 Å². The molecule has 3 aromatic rings. The number of benzene rings is 2. The molecule has 0 bridgehead atoms. The summed E-state index contributed by atoms with van der Waals surface area (Å²) in [4.78, 5) is 16.5. The van der Waals surface area contributed by atoms with E-state index in [0.29, 0.717) is 11.4 Å². The number of hydrogen-bond acceptors (Lipinski definition) is 6. The standard InChI is InChI=1S/C21H21N5O3S/c1-30(28,29)21-23-9-10-26(21)17-7-5-16(6-8-17)25-20(27)19-12-18(19)15-4-2-3-14(11-15)13-24-22/h2-11,13,18-19H,12,22H2,1H3,(H,25,27)/t18-,19-/m1/s1. The lowest BCUT2D eigenvalue weighted by molar-refractivity contribution is -0.117. The number of imidazole rings is 1. The zero-order valence-electron chi connectivity index (χ0n) is 16.3. The number of aromatic nitrogens is 2. The number of amides is 1. The average Bonchev–Trinajstić information content (AvgIpc) is 3.36. The van der Waals surface area contributed by atoms with Gasteiger partial charge in [-0.2, -0.15) is 5.10 Å². The minimum atomic E-state index is -3.44. The summed E-state index contributed by atoms with van der Waals surface area (Å²) in [6.07, 6.45) is 6.51. The summed E-state index contributed by atoms with van der Waals surface area (Å²) in [5.41, 5.74) is 3.30. The maximum absolute atomic E-state index is 12.6. The molecule has 9 heteroatoms. The summed E-state index contributed by atoms with van der Waals surface area (Å²) in [7, 11) is -3.44. The van der Waals surface area contributed by atoms with E-state index in [1.54, 1.807) is 36.7 Å². The van der Waals surface area contributed by atoms with Gasteiger partial charge in [-0.25, -0.2) is 13.4 Å². The van der Waals surface area contributed by atoms with Gasteiger partial charge in [0, 0.05) is 35.9 Å². The van der Waals surface area contributed by atoms with Crippen LogP contribution in [0.5, 0.6) is 0 Å². The molecule has 0 radical (unpaired) electrons. The van der Waals surface area contributed by atoms with Crippen molar-refractivity contribution in [1.82, 2.24) is 9.55 Å². The first kappa shape index (κ1) is 19.8. The maximum atomic E-state index is 12.6. The lowest BCUT2D eigenvalue weighted by atomic mass is 10.1. The van der Waals surface area contributed by atoms with Crippen LogP contribution in [0.3, 0.4) is 0 Å². The van der Waals surface area contributed by atoms with E-state index in [-0.39, 0.29) is 22.9 Å². The second-order valence-corrected chi connectivity index (χ2v) is 9.19. The number of carbonyl (C=O) groups is 1. The quantitative estimate of drug-likeness (QED) is 0.358. The van der Waals surface area contributed by atoms with E-state index >= 15 is 0 Å². The first-order valence-electron chi connectivity index (χ1n) is 9.35. The van der Waals surface area contributed by atoms with Crippen LogP contribution in [0.25, 0.3) is 5.69 Å². The smallest absolute Gasteiger partial charge is 0.231 e. The van der Waals surface area contributed by atoms with E-state index in [4.69, 9.17) is 5.84 Å². The van der Waals surface area contributed by atoms with Crippen molar-refractivity contribution in [2.24, 2.45) is 16.9 Å². The number of anilines is 1. The van der Waals surface area contributed by atoms with Gasteiger partial charge in [0.1, 0.15) is 0 Å². The van der Waals surface area contributed by atoms with Crippen LogP contribution in [-0.2, 0) is 14.6 Å². The van der Waals surface area contributed by atoms with Crippen LogP contribution in [-0.4, -0.2) is 36.3 Å². The van der Waals surface area contributed by atoms with Gasteiger partial charge >= 0.3 is 0 Å². The molecule has 0 unspecified atom stereocenters. The van der Waals surface area contributed by atoms with Crippen molar-refractivity contribution in [3.05, 3.63) is 72.1 Å². The van der Waals surface area contributed by atoms with Crippen molar-refractivity contribution in [3.63, 3.8) is 0 Å². The van der Waals surface area contributed by atoms with E-state index in [9.17, 15) is 13.2 Å². The Labute approximate surface area is 174 Å². The van der Waals surface area contributed by atoms with Crippen LogP contribution in [0.4, 0.5) is 5.69 Å². The molecule has 0 saturated heterocycles. The number of carbonyl (C=O) groups excluding carboxylic acids is 1. The average molecular weight is 423 g/mol. The fourth-order valence-electron chi connectivity index (χ4n) is 3.51. The molecule has 1 aliphatic carbocycles. The lowest BCUT2D eigenvalue weighted by Gasteiger charge is -2.09. The van der Waals surface area contributed by atoms with Gasteiger partial charge in [0.05, 0.1) is 6.21 Å². The molecule has 8 nitrogen and oxygen atoms in total. The minimum absolute atomic E-state index is 0.0259. The highest BCUT2D eigenvalue weighted by Gasteiger charge is 2.43. The van der Waals surface area contributed by atoms with E-state index in [1.807, 2.05) is 24.3 Å². The largest absolute Gasteiger partial charge is 0.326 e. The minimum Gasteiger partial charge on any atom is -0.326 e. The highest BCUT2D eigenvalue weighted by atomic mass is 32.2. The number of nitrogens with zero attached hydrogens (tertiary/aromatic N) is 3. The molecule has 1 heterocycles. The van der Waals surface area contributed by atoms with Crippen LogP contribution in [0.1, 0.15) is 23.5 Å². The van der Waals surface area contributed by atoms with Crippen molar-refractivity contribution < 1.29 is 13.2 Å². The molecule has 2 aromatic carbocycles. The van der Waals surface area contributed by atoms with Gasteiger partial charge < -0.3 is 11.2 Å². The third kappa shape index (κ3) is 4.11. The molecule has 0 spiro atoms. The van der Waals surface area contributed by atoms with Crippen molar-refractivity contribution >= 4 is 27.6 Å². The Bertz CT molecular complexity index is 1220. The summed E-state index contributed by atoms with van der Waals surface area (Å²) in [6.45, 7) is 0. The van der Waals surface area contributed by atoms with E-state index < -0.39 is 9.84 Å². The second-order valence-electron chi connectivity index (χ2n) is 7.29. The van der Waals surface area contributed by atoms with Crippen molar-refractivity contribution in [3.8, 4) is 5.69 Å². The first-order chi connectivity index (χ1) is 14.4. The van der Waals surface area contributed by atoms with Gasteiger partial charge in [-0.15, -0.1) is 0 Å². The molecule has 1 aromatic heterocycles. The van der Waals surface area contributed by atoms with Gasteiger partial charge in [-0.05, 0) is 53.8 Å². The Morgan fingerprint density at radius 1 is 1.27 bits per heavy atom. The number of nitrogens with one attached hydrogen (secondary N) is 1. The maximum Gasteiger partial charge on any atom is 0.231 e. The predicted molar refractivity (Wildman–Crippen MR) is 114 cm³/mol. The summed E-state index contributed by atoms with van der Waals surface area (Å²) in [5, 5.41) is 6.44. The fourth-order valence-corrected chi connectivity index (χ4v) is 4.29. The molecule has 1 saturated carbocycles. The fraction of sp³-hybridized carbons (Fsp3) is 0.190. The molecule has 1 aliphatic rings. The zero-order chi connectivity index (χ0) is 21.3. The number of hydrazone groups is 1. The molecule has 0 aliphatic heterocycles. The van der Waals surface area contributed by atoms with Crippen LogP contribution in [0.2, 0.25) is 0 Å². The van der Waals surface area contributed by atoms with Crippen molar-refractivity contribution in [1.29, 1.82) is 0 Å². The van der Waals surface area contributed by atoms with Crippen LogP contribution < -0.4 is 11.2 Å². The normalized spacial score (nSPS) is 18.4. The van der Waals surface area contributed by atoms with Crippen LogP contribution >= 0.6 is 0 Å². The summed E-state index contributed by atoms with van der Waals surface area (Å²) in [6, 6.07) is 14.8. The zero-order valence-corrected chi connectivity index (χ0v) is 17.1. The van der Waals surface area contributed by atoms with Gasteiger partial charge in [0.2, 0.25) is 20.9 Å². The molecule has 30 heavy (non-hydrogen) atoms. The summed E-state index contributed by atoms with van der Waals surface area (Å²) < 4.78 is 25.2. The topological polar surface area (TPSA) is 119 Å². The lowest BCUT2D eigenvalue weighted by Crippen LogP contribution is -2.14. The summed E-state index contributed by atoms with van der Waals surface area (Å²) >= 11 is 0. The monoisotopic (exact) mass is 423 g/mol. The molecule has 3 N–H and O–H groups in total. The highest BCUT2D eigenvalue weighted by molar-refractivity contribution is 7.90. The Balaban J connectivity index is 1.43. The summed E-state index contributed by atoms with van der Waals surface area (Å²) in [5.74, 6) is 5.26. The number of hydrogen-bond donors (Lipinski definition) is 2. The third-order valence-corrected chi connectivity index (χ3v) is 6.01. The number of nitrogens with two attached hydrogens (primary N) is 1. The Morgan fingerprint density at radius 2 is 2.03 bits per heavy atom.